The molecule has 8 heteroatoms. The van der Waals surface area contributed by atoms with E-state index in [1.165, 1.54) is 11.3 Å². The van der Waals surface area contributed by atoms with Gasteiger partial charge in [0.25, 0.3) is 0 Å². The average Bonchev–Trinajstić information content (AvgIpc) is 3.40. The number of hydrogen-bond donors (Lipinski definition) is 1. The summed E-state index contributed by atoms with van der Waals surface area (Å²) in [6.07, 6.45) is 0.605. The third-order valence-corrected chi connectivity index (χ3v) is 7.36. The lowest BCUT2D eigenvalue weighted by Gasteiger charge is -2.45. The minimum absolute atomic E-state index is 0.0711. The second kappa shape index (κ2) is 10.9. The lowest BCUT2D eigenvalue weighted by atomic mass is 9.67. The van der Waals surface area contributed by atoms with E-state index >= 15 is 0 Å². The Kier molecular flexibility index (Phi) is 7.64. The zero-order chi connectivity index (χ0) is 25.7. The summed E-state index contributed by atoms with van der Waals surface area (Å²) in [6, 6.07) is 18.9. The molecule has 0 radical (unpaired) electrons. The van der Waals surface area contributed by atoms with Crippen molar-refractivity contribution in [1.82, 2.24) is 10.3 Å². The first kappa shape index (κ1) is 25.3. The molecule has 0 aliphatic carbocycles. The maximum absolute atomic E-state index is 13.6. The summed E-state index contributed by atoms with van der Waals surface area (Å²) in [5.74, 6) is -2.84. The molecular formula is C28H28N2O5S. The van der Waals surface area contributed by atoms with Crippen LogP contribution >= 0.6 is 11.3 Å². The van der Waals surface area contributed by atoms with Crippen LogP contribution < -0.4 is 5.32 Å². The number of thiazole rings is 1. The number of allylic oxidation sites excluding steroid dienone is 1. The van der Waals surface area contributed by atoms with Gasteiger partial charge >= 0.3 is 11.9 Å². The van der Waals surface area contributed by atoms with E-state index in [4.69, 9.17) is 14.5 Å². The third-order valence-electron chi connectivity index (χ3n) is 6.28. The fourth-order valence-corrected chi connectivity index (χ4v) is 5.68. The molecule has 0 saturated carbocycles. The van der Waals surface area contributed by atoms with E-state index in [0.717, 1.165) is 11.3 Å². The van der Waals surface area contributed by atoms with E-state index in [2.05, 4.69) is 5.32 Å². The number of esters is 2. The standard InChI is InChI=1S/C28H28N2O5S/c1-4-34-25(32)23-20(16-31)30-28(3,27-29-21(17-36-27)18-12-8-6-9-13-18)24(26(33)35-5-2)22(23)19-14-10-7-11-15-19/h6-17,22,24,30H,4-5H2,1-3H3. The van der Waals surface area contributed by atoms with Crippen molar-refractivity contribution in [2.75, 3.05) is 13.2 Å². The zero-order valence-electron chi connectivity index (χ0n) is 20.4. The minimum atomic E-state index is -1.14. The van der Waals surface area contributed by atoms with Gasteiger partial charge in [-0.3, -0.25) is 9.59 Å². The van der Waals surface area contributed by atoms with Gasteiger partial charge in [-0.1, -0.05) is 60.7 Å². The molecule has 3 unspecified atom stereocenters. The Balaban J connectivity index is 1.95. The molecule has 1 aliphatic heterocycles. The highest BCUT2D eigenvalue weighted by atomic mass is 32.1. The van der Waals surface area contributed by atoms with Crippen molar-refractivity contribution in [3.63, 3.8) is 0 Å². The van der Waals surface area contributed by atoms with Crippen molar-refractivity contribution < 1.29 is 23.9 Å². The van der Waals surface area contributed by atoms with E-state index in [9.17, 15) is 14.4 Å². The Hall–Kier alpha value is -3.78. The van der Waals surface area contributed by atoms with Crippen molar-refractivity contribution in [3.05, 3.63) is 87.9 Å². The van der Waals surface area contributed by atoms with Gasteiger partial charge in [-0.25, -0.2) is 9.78 Å². The number of hydrogen-bond acceptors (Lipinski definition) is 8. The third kappa shape index (κ3) is 4.68. The van der Waals surface area contributed by atoms with E-state index < -0.39 is 29.3 Å². The second-order valence-electron chi connectivity index (χ2n) is 8.52. The smallest absolute Gasteiger partial charge is 0.336 e. The van der Waals surface area contributed by atoms with Crippen LogP contribution in [0, 0.1) is 5.92 Å². The average molecular weight is 505 g/mol. The van der Waals surface area contributed by atoms with Crippen molar-refractivity contribution in [2.24, 2.45) is 5.92 Å². The number of aldehydes is 1. The van der Waals surface area contributed by atoms with Gasteiger partial charge in [0, 0.05) is 16.9 Å². The van der Waals surface area contributed by atoms with Crippen LogP contribution in [0.1, 0.15) is 37.3 Å². The molecule has 2 aromatic carbocycles. The highest BCUT2D eigenvalue weighted by Crippen LogP contribution is 2.49. The Morgan fingerprint density at radius 3 is 2.28 bits per heavy atom. The molecule has 0 bridgehead atoms. The molecule has 36 heavy (non-hydrogen) atoms. The van der Waals surface area contributed by atoms with Crippen LogP contribution in [0.4, 0.5) is 0 Å². The molecule has 3 atom stereocenters. The van der Waals surface area contributed by atoms with Crippen molar-refractivity contribution in [3.8, 4) is 11.3 Å². The van der Waals surface area contributed by atoms with Crippen LogP contribution in [0.5, 0.6) is 0 Å². The Bertz CT molecular complexity index is 1270. The van der Waals surface area contributed by atoms with E-state index in [1.807, 2.05) is 73.0 Å². The SMILES string of the molecule is CCOC(=O)C1=C(C=O)NC(C)(c2nc(-c3ccccc3)cs2)C(C(=O)OCC)C1c1ccccc1. The van der Waals surface area contributed by atoms with Gasteiger partial charge in [0.1, 0.15) is 10.5 Å². The van der Waals surface area contributed by atoms with Crippen LogP contribution in [-0.4, -0.2) is 36.4 Å². The quantitative estimate of drug-likeness (QED) is 0.354. The molecule has 3 aromatic rings. The maximum atomic E-state index is 13.6. The fourth-order valence-electron chi connectivity index (χ4n) is 4.69. The van der Waals surface area contributed by atoms with Gasteiger partial charge in [0.15, 0.2) is 6.29 Å². The van der Waals surface area contributed by atoms with Crippen LogP contribution in [0.15, 0.2) is 77.3 Å². The number of ether oxygens (including phenoxy) is 2. The lowest BCUT2D eigenvalue weighted by Crippen LogP contribution is -2.56. The number of nitrogens with zero attached hydrogens (tertiary/aromatic N) is 1. The maximum Gasteiger partial charge on any atom is 0.336 e. The summed E-state index contributed by atoms with van der Waals surface area (Å²) >= 11 is 1.38. The summed E-state index contributed by atoms with van der Waals surface area (Å²) in [7, 11) is 0. The lowest BCUT2D eigenvalue weighted by molar-refractivity contribution is -0.153. The normalized spacial score (nSPS) is 21.4. The van der Waals surface area contributed by atoms with Gasteiger partial charge in [0.05, 0.1) is 36.1 Å². The summed E-state index contributed by atoms with van der Waals surface area (Å²) in [5, 5.41) is 5.72. The van der Waals surface area contributed by atoms with E-state index in [0.29, 0.717) is 16.9 Å². The first-order valence-electron chi connectivity index (χ1n) is 11.8. The van der Waals surface area contributed by atoms with Crippen molar-refractivity contribution in [1.29, 1.82) is 0 Å². The van der Waals surface area contributed by atoms with Gasteiger partial charge < -0.3 is 14.8 Å². The first-order valence-corrected chi connectivity index (χ1v) is 12.7. The minimum Gasteiger partial charge on any atom is -0.466 e. The molecule has 1 aromatic heterocycles. The highest BCUT2D eigenvalue weighted by Gasteiger charge is 2.55. The van der Waals surface area contributed by atoms with Gasteiger partial charge in [-0.05, 0) is 26.3 Å². The monoisotopic (exact) mass is 504 g/mol. The van der Waals surface area contributed by atoms with Crippen molar-refractivity contribution >= 4 is 29.6 Å². The molecule has 7 nitrogen and oxygen atoms in total. The molecular weight excluding hydrogens is 476 g/mol. The number of carbonyl (C=O) groups excluding carboxylic acids is 3. The molecule has 0 fully saturated rings. The van der Waals surface area contributed by atoms with Crippen LogP contribution in [0.25, 0.3) is 11.3 Å². The molecule has 2 heterocycles. The van der Waals surface area contributed by atoms with E-state index in [1.54, 1.807) is 13.8 Å². The van der Waals surface area contributed by atoms with Crippen molar-refractivity contribution in [2.45, 2.75) is 32.2 Å². The first-order chi connectivity index (χ1) is 17.4. The highest BCUT2D eigenvalue weighted by molar-refractivity contribution is 7.10. The summed E-state index contributed by atoms with van der Waals surface area (Å²) in [4.78, 5) is 44.0. The molecule has 186 valence electrons. The van der Waals surface area contributed by atoms with Gasteiger partial charge in [-0.2, -0.15) is 0 Å². The number of carbonyl (C=O) groups is 3. The number of rotatable bonds is 8. The van der Waals surface area contributed by atoms with E-state index in [-0.39, 0.29) is 24.5 Å². The van der Waals surface area contributed by atoms with Crippen LogP contribution in [0.2, 0.25) is 0 Å². The van der Waals surface area contributed by atoms with Crippen LogP contribution in [-0.2, 0) is 29.4 Å². The number of nitrogens with one attached hydrogen (secondary N) is 1. The molecule has 0 saturated heterocycles. The number of benzene rings is 2. The van der Waals surface area contributed by atoms with Crippen LogP contribution in [0.3, 0.4) is 0 Å². The largest absolute Gasteiger partial charge is 0.466 e. The predicted molar refractivity (Wildman–Crippen MR) is 137 cm³/mol. The summed E-state index contributed by atoms with van der Waals surface area (Å²) < 4.78 is 10.9. The molecule has 0 spiro atoms. The fraction of sp³-hybridized carbons (Fsp3) is 0.286. The Morgan fingerprint density at radius 1 is 1.03 bits per heavy atom. The summed E-state index contributed by atoms with van der Waals surface area (Å²) in [5.41, 5.74) is 1.42. The summed E-state index contributed by atoms with van der Waals surface area (Å²) in [6.45, 7) is 5.55. The molecule has 1 aliphatic rings. The zero-order valence-corrected chi connectivity index (χ0v) is 21.2. The molecule has 4 rings (SSSR count). The molecule has 1 N–H and O–H groups in total. The van der Waals surface area contributed by atoms with Gasteiger partial charge in [0.2, 0.25) is 0 Å². The van der Waals surface area contributed by atoms with Gasteiger partial charge in [-0.15, -0.1) is 11.3 Å². The topological polar surface area (TPSA) is 94.6 Å². The predicted octanol–water partition coefficient (Wildman–Crippen LogP) is 4.61. The second-order valence-corrected chi connectivity index (χ2v) is 9.37. The molecule has 0 amide bonds. The Morgan fingerprint density at radius 2 is 1.67 bits per heavy atom. The Labute approximate surface area is 214 Å². The number of aromatic nitrogens is 1.